The molecule has 0 unspecified atom stereocenters. The molecular weight excluding hydrogens is 485 g/mol. The van der Waals surface area contributed by atoms with Crippen LogP contribution in [-0.2, 0) is 15.8 Å². The number of rotatable bonds is 4. The standard InChI is InChI=1S/C27H31F3N4O3/c1-17-15-23(20-7-6-8-21(16-20)27(28,29)30)25(34(18(2)35)19(3)36)31-24(17)26(37)33-13-9-22(10-14-33)32-11-4-5-12-32/h6-8,15-16,22H,4-5,9-14H2,1-3H3. The van der Waals surface area contributed by atoms with Gasteiger partial charge in [0.25, 0.3) is 5.91 Å². The van der Waals surface area contributed by atoms with Gasteiger partial charge in [0.2, 0.25) is 11.8 Å². The molecule has 2 fully saturated rings. The summed E-state index contributed by atoms with van der Waals surface area (Å²) < 4.78 is 40.2. The first kappa shape index (κ1) is 26.8. The number of anilines is 1. The Kier molecular flexibility index (Phi) is 7.68. The Morgan fingerprint density at radius 1 is 0.973 bits per heavy atom. The van der Waals surface area contributed by atoms with E-state index in [9.17, 15) is 27.6 Å². The van der Waals surface area contributed by atoms with Crippen molar-refractivity contribution in [3.63, 3.8) is 0 Å². The molecule has 10 heteroatoms. The monoisotopic (exact) mass is 516 g/mol. The number of amides is 3. The molecule has 0 N–H and O–H groups in total. The van der Waals surface area contributed by atoms with E-state index in [1.807, 2.05) is 0 Å². The van der Waals surface area contributed by atoms with Crippen LogP contribution in [0.5, 0.6) is 0 Å². The fraction of sp³-hybridized carbons (Fsp3) is 0.481. The molecule has 0 aliphatic carbocycles. The molecule has 7 nitrogen and oxygen atoms in total. The average molecular weight is 517 g/mol. The lowest BCUT2D eigenvalue weighted by Crippen LogP contribution is -2.46. The lowest BCUT2D eigenvalue weighted by molar-refractivity contribution is -0.137. The highest BCUT2D eigenvalue weighted by Crippen LogP contribution is 2.36. The van der Waals surface area contributed by atoms with E-state index in [2.05, 4.69) is 9.88 Å². The summed E-state index contributed by atoms with van der Waals surface area (Å²) in [6.45, 7) is 7.30. The molecule has 0 spiro atoms. The number of halogens is 3. The van der Waals surface area contributed by atoms with Crippen LogP contribution in [0.1, 0.15) is 61.1 Å². The molecule has 3 heterocycles. The molecule has 2 aliphatic rings. The number of nitrogens with zero attached hydrogens (tertiary/aromatic N) is 4. The van der Waals surface area contributed by atoms with Crippen LogP contribution >= 0.6 is 0 Å². The van der Waals surface area contributed by atoms with Gasteiger partial charge in [-0.3, -0.25) is 14.4 Å². The molecule has 198 valence electrons. The van der Waals surface area contributed by atoms with Gasteiger partial charge in [-0.2, -0.15) is 13.2 Å². The Hall–Kier alpha value is -3.27. The summed E-state index contributed by atoms with van der Waals surface area (Å²) >= 11 is 0. The zero-order chi connectivity index (χ0) is 26.9. The predicted molar refractivity (Wildman–Crippen MR) is 133 cm³/mol. The number of hydrogen-bond donors (Lipinski definition) is 0. The maximum atomic E-state index is 13.5. The zero-order valence-electron chi connectivity index (χ0n) is 21.3. The second kappa shape index (κ2) is 10.6. The van der Waals surface area contributed by atoms with E-state index < -0.39 is 23.6 Å². The van der Waals surface area contributed by atoms with Gasteiger partial charge >= 0.3 is 6.18 Å². The van der Waals surface area contributed by atoms with Crippen molar-refractivity contribution < 1.29 is 27.6 Å². The maximum Gasteiger partial charge on any atom is 0.416 e. The maximum absolute atomic E-state index is 13.5. The van der Waals surface area contributed by atoms with Crippen LogP contribution in [0.2, 0.25) is 0 Å². The van der Waals surface area contributed by atoms with Gasteiger partial charge in [-0.25, -0.2) is 9.88 Å². The Morgan fingerprint density at radius 2 is 1.59 bits per heavy atom. The summed E-state index contributed by atoms with van der Waals surface area (Å²) in [7, 11) is 0. The van der Waals surface area contributed by atoms with Crippen LogP contribution in [0.25, 0.3) is 11.1 Å². The summed E-state index contributed by atoms with van der Waals surface area (Å²) in [6.07, 6.45) is -0.464. The smallest absolute Gasteiger partial charge is 0.337 e. The van der Waals surface area contributed by atoms with Crippen molar-refractivity contribution in [3.05, 3.63) is 47.2 Å². The number of likely N-dealkylation sites (tertiary alicyclic amines) is 2. The molecule has 2 aromatic rings. The van der Waals surface area contributed by atoms with Crippen molar-refractivity contribution in [2.45, 2.75) is 58.7 Å². The van der Waals surface area contributed by atoms with Crippen LogP contribution in [0.15, 0.2) is 30.3 Å². The summed E-state index contributed by atoms with van der Waals surface area (Å²) in [5, 5.41) is 0. The van der Waals surface area contributed by atoms with Gasteiger partial charge in [-0.05, 0) is 75.0 Å². The highest BCUT2D eigenvalue weighted by molar-refractivity contribution is 6.15. The Bertz CT molecular complexity index is 1190. The fourth-order valence-corrected chi connectivity index (χ4v) is 5.28. The Balaban J connectivity index is 1.71. The number of imide groups is 1. The summed E-state index contributed by atoms with van der Waals surface area (Å²) in [4.78, 5) is 47.8. The van der Waals surface area contributed by atoms with Crippen molar-refractivity contribution in [2.75, 3.05) is 31.1 Å². The molecule has 37 heavy (non-hydrogen) atoms. The minimum absolute atomic E-state index is 0.0813. The minimum Gasteiger partial charge on any atom is -0.337 e. The first-order valence-corrected chi connectivity index (χ1v) is 12.5. The van der Waals surface area contributed by atoms with Gasteiger partial charge in [0.1, 0.15) is 5.69 Å². The van der Waals surface area contributed by atoms with Crippen LogP contribution in [-0.4, -0.2) is 64.7 Å². The topological polar surface area (TPSA) is 73.8 Å². The van der Waals surface area contributed by atoms with Crippen LogP contribution in [0.4, 0.5) is 19.0 Å². The van der Waals surface area contributed by atoms with Crippen molar-refractivity contribution in [3.8, 4) is 11.1 Å². The number of aromatic nitrogens is 1. The first-order valence-electron chi connectivity index (χ1n) is 12.5. The highest BCUT2D eigenvalue weighted by atomic mass is 19.4. The van der Waals surface area contributed by atoms with Gasteiger partial charge in [0.15, 0.2) is 5.82 Å². The normalized spacial score (nSPS) is 17.2. The van der Waals surface area contributed by atoms with Crippen molar-refractivity contribution in [1.29, 1.82) is 0 Å². The molecule has 1 aromatic carbocycles. The van der Waals surface area contributed by atoms with E-state index >= 15 is 0 Å². The van der Waals surface area contributed by atoms with E-state index in [-0.39, 0.29) is 28.5 Å². The highest BCUT2D eigenvalue weighted by Gasteiger charge is 2.33. The van der Waals surface area contributed by atoms with E-state index in [4.69, 9.17) is 0 Å². The lowest BCUT2D eigenvalue weighted by atomic mass is 9.99. The van der Waals surface area contributed by atoms with Crippen LogP contribution in [0.3, 0.4) is 0 Å². The second-order valence-electron chi connectivity index (χ2n) is 9.74. The summed E-state index contributed by atoms with van der Waals surface area (Å²) in [5.41, 5.74) is -0.0313. The molecule has 0 radical (unpaired) electrons. The van der Waals surface area contributed by atoms with Crippen molar-refractivity contribution in [1.82, 2.24) is 14.8 Å². The number of aryl methyl sites for hydroxylation is 1. The van der Waals surface area contributed by atoms with Crippen molar-refractivity contribution in [2.24, 2.45) is 0 Å². The third-order valence-electron chi connectivity index (χ3n) is 7.15. The molecular formula is C27H31F3N4O3. The van der Waals surface area contributed by atoms with Gasteiger partial charge < -0.3 is 9.80 Å². The third-order valence-corrected chi connectivity index (χ3v) is 7.15. The molecule has 3 amide bonds. The zero-order valence-corrected chi connectivity index (χ0v) is 21.3. The molecule has 2 aliphatic heterocycles. The van der Waals surface area contributed by atoms with Gasteiger partial charge in [0.05, 0.1) is 5.56 Å². The molecule has 1 aromatic heterocycles. The molecule has 2 saturated heterocycles. The van der Waals surface area contributed by atoms with Gasteiger partial charge in [-0.15, -0.1) is 0 Å². The number of pyridine rings is 1. The minimum atomic E-state index is -4.57. The van der Waals surface area contributed by atoms with E-state index in [0.717, 1.165) is 43.0 Å². The largest absolute Gasteiger partial charge is 0.416 e. The second-order valence-corrected chi connectivity index (χ2v) is 9.74. The van der Waals surface area contributed by atoms with E-state index in [0.29, 0.717) is 24.7 Å². The number of alkyl halides is 3. The molecule has 0 atom stereocenters. The first-order chi connectivity index (χ1) is 17.5. The van der Waals surface area contributed by atoms with Crippen molar-refractivity contribution >= 4 is 23.5 Å². The van der Waals surface area contributed by atoms with Crippen LogP contribution < -0.4 is 4.90 Å². The van der Waals surface area contributed by atoms with Gasteiger partial charge in [-0.1, -0.05) is 12.1 Å². The summed E-state index contributed by atoms with van der Waals surface area (Å²) in [6, 6.07) is 6.58. The van der Waals surface area contributed by atoms with Gasteiger partial charge in [0, 0.05) is 38.5 Å². The lowest BCUT2D eigenvalue weighted by Gasteiger charge is -2.36. The number of hydrogen-bond acceptors (Lipinski definition) is 5. The Labute approximate surface area is 214 Å². The number of benzene rings is 1. The average Bonchev–Trinajstić information content (AvgIpc) is 3.39. The van der Waals surface area contributed by atoms with Crippen LogP contribution in [0, 0.1) is 6.92 Å². The molecule has 0 bridgehead atoms. The number of carbonyl (C=O) groups excluding carboxylic acids is 3. The van der Waals surface area contributed by atoms with E-state index in [1.54, 1.807) is 11.8 Å². The van der Waals surface area contributed by atoms with E-state index in [1.165, 1.54) is 44.9 Å². The predicted octanol–water partition coefficient (Wildman–Crippen LogP) is 4.68. The molecule has 0 saturated carbocycles. The SMILES string of the molecule is CC(=O)N(C(C)=O)c1nc(C(=O)N2CCC(N3CCCC3)CC2)c(C)cc1-c1cccc(C(F)(F)F)c1. The number of carbonyl (C=O) groups is 3. The fourth-order valence-electron chi connectivity index (χ4n) is 5.28. The molecule has 4 rings (SSSR count). The quantitative estimate of drug-likeness (QED) is 0.590. The third kappa shape index (κ3) is 5.69. The Morgan fingerprint density at radius 3 is 2.16 bits per heavy atom. The summed E-state index contributed by atoms with van der Waals surface area (Å²) in [5.74, 6) is -1.77. The number of piperidine rings is 1.